The summed E-state index contributed by atoms with van der Waals surface area (Å²) >= 11 is 6.23. The van der Waals surface area contributed by atoms with Crippen LogP contribution in [0.2, 0.25) is 5.02 Å². The number of hydrogen-bond acceptors (Lipinski definition) is 2. The van der Waals surface area contributed by atoms with Gasteiger partial charge in [-0.2, -0.15) is 0 Å². The lowest BCUT2D eigenvalue weighted by atomic mass is 9.96. The molecule has 0 aliphatic carbocycles. The third kappa shape index (κ3) is 1.99. The molecular formula is C14H18ClFN2. The number of hydrogen-bond donors (Lipinski definition) is 1. The van der Waals surface area contributed by atoms with E-state index >= 15 is 0 Å². The summed E-state index contributed by atoms with van der Waals surface area (Å²) in [6.45, 7) is 0. The number of fused-ring (bicyclic) bond motifs is 2. The molecule has 2 aliphatic heterocycles. The van der Waals surface area contributed by atoms with Crippen molar-refractivity contribution in [1.82, 2.24) is 5.32 Å². The Morgan fingerprint density at radius 3 is 2.56 bits per heavy atom. The summed E-state index contributed by atoms with van der Waals surface area (Å²) in [4.78, 5) is 2.35. The van der Waals surface area contributed by atoms with Gasteiger partial charge in [0.2, 0.25) is 0 Å². The first kappa shape index (κ1) is 12.2. The van der Waals surface area contributed by atoms with E-state index in [9.17, 15) is 4.39 Å². The number of benzene rings is 1. The van der Waals surface area contributed by atoms with Crippen LogP contribution in [0.1, 0.15) is 25.7 Å². The highest BCUT2D eigenvalue weighted by atomic mass is 35.5. The molecule has 2 unspecified atom stereocenters. The van der Waals surface area contributed by atoms with Gasteiger partial charge in [-0.05, 0) is 50.9 Å². The van der Waals surface area contributed by atoms with Crippen LogP contribution in [0, 0.1) is 5.82 Å². The highest BCUT2D eigenvalue weighted by Gasteiger charge is 2.40. The molecule has 18 heavy (non-hydrogen) atoms. The third-order valence-electron chi connectivity index (χ3n) is 4.33. The lowest BCUT2D eigenvalue weighted by Crippen LogP contribution is -2.48. The number of piperidine rings is 1. The first-order valence-corrected chi connectivity index (χ1v) is 6.97. The van der Waals surface area contributed by atoms with Crippen molar-refractivity contribution in [2.45, 2.75) is 43.8 Å². The van der Waals surface area contributed by atoms with Gasteiger partial charge in [0, 0.05) is 18.1 Å². The fraction of sp³-hybridized carbons (Fsp3) is 0.571. The Labute approximate surface area is 112 Å². The Hall–Kier alpha value is -0.800. The Morgan fingerprint density at radius 1 is 1.28 bits per heavy atom. The largest absolute Gasteiger partial charge is 0.364 e. The van der Waals surface area contributed by atoms with Crippen molar-refractivity contribution >= 4 is 17.3 Å². The highest BCUT2D eigenvalue weighted by molar-refractivity contribution is 6.33. The Morgan fingerprint density at radius 2 is 1.94 bits per heavy atom. The average molecular weight is 269 g/mol. The zero-order valence-corrected chi connectivity index (χ0v) is 11.3. The van der Waals surface area contributed by atoms with E-state index in [-0.39, 0.29) is 5.82 Å². The first-order chi connectivity index (χ1) is 8.69. The van der Waals surface area contributed by atoms with Crippen molar-refractivity contribution in [2.75, 3.05) is 11.9 Å². The molecule has 4 heteroatoms. The van der Waals surface area contributed by atoms with Crippen molar-refractivity contribution in [2.24, 2.45) is 0 Å². The second-order valence-electron chi connectivity index (χ2n) is 5.35. The lowest BCUT2D eigenvalue weighted by molar-refractivity contribution is 0.373. The summed E-state index contributed by atoms with van der Waals surface area (Å²) in [5, 5.41) is 4.03. The van der Waals surface area contributed by atoms with Gasteiger partial charge in [0.1, 0.15) is 5.82 Å². The van der Waals surface area contributed by atoms with Crippen LogP contribution in [0.25, 0.3) is 0 Å². The summed E-state index contributed by atoms with van der Waals surface area (Å²) in [7, 11) is 2.02. The molecule has 2 saturated heterocycles. The SMILES string of the molecule is CNC1CC2CCC(C1)N2c1cc(F)ccc1Cl. The third-order valence-corrected chi connectivity index (χ3v) is 4.65. The van der Waals surface area contributed by atoms with E-state index in [0.29, 0.717) is 23.1 Å². The van der Waals surface area contributed by atoms with Crippen LogP contribution in [-0.4, -0.2) is 25.2 Å². The molecule has 0 spiro atoms. The van der Waals surface area contributed by atoms with E-state index < -0.39 is 0 Å². The Balaban J connectivity index is 1.91. The molecule has 2 atom stereocenters. The zero-order valence-electron chi connectivity index (χ0n) is 10.5. The zero-order chi connectivity index (χ0) is 12.7. The molecular weight excluding hydrogens is 251 g/mol. The predicted molar refractivity (Wildman–Crippen MR) is 72.8 cm³/mol. The van der Waals surface area contributed by atoms with Gasteiger partial charge in [-0.25, -0.2) is 4.39 Å². The second-order valence-corrected chi connectivity index (χ2v) is 5.75. The van der Waals surface area contributed by atoms with Crippen LogP contribution < -0.4 is 10.2 Å². The van der Waals surface area contributed by atoms with Gasteiger partial charge in [-0.15, -0.1) is 0 Å². The van der Waals surface area contributed by atoms with Gasteiger partial charge in [0.15, 0.2) is 0 Å². The minimum Gasteiger partial charge on any atom is -0.364 e. The molecule has 2 aliphatic rings. The van der Waals surface area contributed by atoms with Crippen LogP contribution in [0.3, 0.4) is 0 Å². The second kappa shape index (κ2) is 4.71. The first-order valence-electron chi connectivity index (χ1n) is 6.59. The van der Waals surface area contributed by atoms with Gasteiger partial charge in [-0.1, -0.05) is 11.6 Å². The number of anilines is 1. The van der Waals surface area contributed by atoms with E-state index in [1.165, 1.54) is 18.9 Å². The molecule has 2 heterocycles. The van der Waals surface area contributed by atoms with Crippen molar-refractivity contribution in [3.05, 3.63) is 29.0 Å². The Kier molecular flexibility index (Phi) is 3.20. The number of nitrogens with zero attached hydrogens (tertiary/aromatic N) is 1. The van der Waals surface area contributed by atoms with Gasteiger partial charge in [0.25, 0.3) is 0 Å². The molecule has 1 aromatic rings. The van der Waals surface area contributed by atoms with Crippen molar-refractivity contribution in [3.8, 4) is 0 Å². The van der Waals surface area contributed by atoms with Gasteiger partial charge >= 0.3 is 0 Å². The predicted octanol–water partition coefficient (Wildman–Crippen LogP) is 3.20. The van der Waals surface area contributed by atoms with E-state index in [0.717, 1.165) is 18.5 Å². The van der Waals surface area contributed by atoms with Crippen molar-refractivity contribution in [3.63, 3.8) is 0 Å². The van der Waals surface area contributed by atoms with E-state index in [1.54, 1.807) is 12.1 Å². The van der Waals surface area contributed by atoms with Crippen molar-refractivity contribution < 1.29 is 4.39 Å². The van der Waals surface area contributed by atoms with Gasteiger partial charge in [-0.3, -0.25) is 0 Å². The topological polar surface area (TPSA) is 15.3 Å². The molecule has 0 amide bonds. The van der Waals surface area contributed by atoms with Crippen LogP contribution in [0.15, 0.2) is 18.2 Å². The number of halogens is 2. The fourth-order valence-electron chi connectivity index (χ4n) is 3.49. The smallest absolute Gasteiger partial charge is 0.125 e. The maximum absolute atomic E-state index is 13.4. The minimum absolute atomic E-state index is 0.204. The summed E-state index contributed by atoms with van der Waals surface area (Å²) in [5.74, 6) is -0.204. The molecule has 98 valence electrons. The molecule has 2 fully saturated rings. The highest BCUT2D eigenvalue weighted by Crippen LogP contribution is 2.42. The van der Waals surface area contributed by atoms with E-state index in [4.69, 9.17) is 11.6 Å². The standard InChI is InChI=1S/C14H18ClFN2/c1-17-10-7-11-3-4-12(8-10)18(11)14-6-9(16)2-5-13(14)15/h2,5-6,10-12,17H,3-4,7-8H2,1H3. The fourth-order valence-corrected chi connectivity index (χ4v) is 3.70. The summed E-state index contributed by atoms with van der Waals surface area (Å²) in [5.41, 5.74) is 0.874. The molecule has 2 nitrogen and oxygen atoms in total. The van der Waals surface area contributed by atoms with E-state index in [2.05, 4.69) is 10.2 Å². The molecule has 1 aromatic carbocycles. The quantitative estimate of drug-likeness (QED) is 0.886. The minimum atomic E-state index is -0.204. The lowest BCUT2D eigenvalue weighted by Gasteiger charge is -2.41. The van der Waals surface area contributed by atoms with Gasteiger partial charge in [0.05, 0.1) is 10.7 Å². The maximum Gasteiger partial charge on any atom is 0.125 e. The molecule has 2 bridgehead atoms. The monoisotopic (exact) mass is 268 g/mol. The van der Waals surface area contributed by atoms with Crippen LogP contribution >= 0.6 is 11.6 Å². The number of rotatable bonds is 2. The van der Waals surface area contributed by atoms with Gasteiger partial charge < -0.3 is 10.2 Å². The maximum atomic E-state index is 13.4. The molecule has 0 aromatic heterocycles. The summed E-state index contributed by atoms with van der Waals surface area (Å²) < 4.78 is 13.4. The summed E-state index contributed by atoms with van der Waals surface area (Å²) in [6, 6.07) is 6.25. The van der Waals surface area contributed by atoms with Crippen molar-refractivity contribution in [1.29, 1.82) is 0 Å². The molecule has 1 N–H and O–H groups in total. The van der Waals surface area contributed by atoms with Crippen LogP contribution in [-0.2, 0) is 0 Å². The number of nitrogens with one attached hydrogen (secondary N) is 1. The van der Waals surface area contributed by atoms with Crippen LogP contribution in [0.4, 0.5) is 10.1 Å². The van der Waals surface area contributed by atoms with Crippen LogP contribution in [0.5, 0.6) is 0 Å². The molecule has 0 radical (unpaired) electrons. The summed E-state index contributed by atoms with van der Waals surface area (Å²) in [6.07, 6.45) is 4.63. The normalized spacial score (nSPS) is 30.8. The average Bonchev–Trinajstić information content (AvgIpc) is 2.63. The molecule has 0 saturated carbocycles. The van der Waals surface area contributed by atoms with E-state index in [1.807, 2.05) is 7.05 Å². The Bertz CT molecular complexity index is 437. The molecule has 3 rings (SSSR count).